The fraction of sp³-hybridized carbons (Fsp3) is 0.308. The van der Waals surface area contributed by atoms with Crippen LogP contribution in [0.5, 0.6) is 0 Å². The summed E-state index contributed by atoms with van der Waals surface area (Å²) in [5.74, 6) is 1.12. The molecule has 0 atom stereocenters. The minimum Gasteiger partial charge on any atom is -0.368 e. The smallest absolute Gasteiger partial charge is 0.133 e. The first-order valence-electron chi connectivity index (χ1n) is 5.91. The molecular weight excluding hydrogens is 212 g/mol. The van der Waals surface area contributed by atoms with E-state index in [0.29, 0.717) is 0 Å². The molecule has 17 heavy (non-hydrogen) atoms. The van der Waals surface area contributed by atoms with E-state index in [9.17, 15) is 0 Å². The van der Waals surface area contributed by atoms with Gasteiger partial charge in [-0.1, -0.05) is 12.1 Å². The van der Waals surface area contributed by atoms with Gasteiger partial charge in [0, 0.05) is 25.7 Å². The number of nitrogens with one attached hydrogen (secondary N) is 1. The highest BCUT2D eigenvalue weighted by atomic mass is 15.3. The van der Waals surface area contributed by atoms with Gasteiger partial charge in [-0.2, -0.15) is 5.10 Å². The second-order valence-corrected chi connectivity index (χ2v) is 4.33. The van der Waals surface area contributed by atoms with Gasteiger partial charge in [-0.05, 0) is 19.1 Å². The number of aromatic nitrogens is 2. The topological polar surface area (TPSA) is 33.1 Å². The van der Waals surface area contributed by atoms with Crippen LogP contribution in [0.1, 0.15) is 12.5 Å². The van der Waals surface area contributed by atoms with E-state index < -0.39 is 0 Å². The first kappa shape index (κ1) is 10.2. The van der Waals surface area contributed by atoms with Crippen molar-refractivity contribution in [1.29, 1.82) is 0 Å². The lowest BCUT2D eigenvalue weighted by molar-refractivity contribution is 0.668. The second-order valence-electron chi connectivity index (χ2n) is 4.33. The van der Waals surface area contributed by atoms with Gasteiger partial charge in [0.2, 0.25) is 0 Å². The first-order chi connectivity index (χ1) is 8.29. The molecule has 1 N–H and O–H groups in total. The third-order valence-corrected chi connectivity index (χ3v) is 3.19. The van der Waals surface area contributed by atoms with Crippen molar-refractivity contribution >= 4 is 17.2 Å². The van der Waals surface area contributed by atoms with Crippen molar-refractivity contribution in [3.63, 3.8) is 0 Å². The van der Waals surface area contributed by atoms with Crippen LogP contribution in [0.4, 0.5) is 17.2 Å². The summed E-state index contributed by atoms with van der Waals surface area (Å²) >= 11 is 0. The zero-order chi connectivity index (χ0) is 11.8. The van der Waals surface area contributed by atoms with Gasteiger partial charge in [0.25, 0.3) is 0 Å². The Kier molecular flexibility index (Phi) is 2.28. The molecule has 0 saturated carbocycles. The molecule has 1 aromatic carbocycles. The Morgan fingerprint density at radius 2 is 2.18 bits per heavy atom. The molecule has 1 aliphatic heterocycles. The van der Waals surface area contributed by atoms with Crippen LogP contribution in [0.3, 0.4) is 0 Å². The van der Waals surface area contributed by atoms with Gasteiger partial charge in [0.1, 0.15) is 5.82 Å². The predicted octanol–water partition coefficient (Wildman–Crippen LogP) is 2.60. The van der Waals surface area contributed by atoms with Crippen LogP contribution in [0, 0.1) is 0 Å². The summed E-state index contributed by atoms with van der Waals surface area (Å²) in [6.45, 7) is 3.88. The molecule has 0 saturated heterocycles. The van der Waals surface area contributed by atoms with E-state index in [1.165, 1.54) is 11.3 Å². The first-order valence-corrected chi connectivity index (χ1v) is 5.91. The predicted molar refractivity (Wildman–Crippen MR) is 69.7 cm³/mol. The Hall–Kier alpha value is -1.97. The minimum absolute atomic E-state index is 0.883. The molecule has 0 aliphatic carbocycles. The van der Waals surface area contributed by atoms with Crippen LogP contribution < -0.4 is 10.2 Å². The maximum absolute atomic E-state index is 4.39. The number of fused-ring (bicyclic) bond motifs is 2. The largest absolute Gasteiger partial charge is 0.368 e. The van der Waals surface area contributed by atoms with E-state index >= 15 is 0 Å². The number of hydrogen-bond donors (Lipinski definition) is 1. The van der Waals surface area contributed by atoms with Crippen LogP contribution >= 0.6 is 0 Å². The van der Waals surface area contributed by atoms with Crippen LogP contribution in [0.15, 0.2) is 30.5 Å². The van der Waals surface area contributed by atoms with E-state index in [0.717, 1.165) is 24.6 Å². The number of hydrogen-bond acceptors (Lipinski definition) is 3. The average molecular weight is 228 g/mol. The van der Waals surface area contributed by atoms with Crippen molar-refractivity contribution in [2.24, 2.45) is 0 Å². The highest BCUT2D eigenvalue weighted by Gasteiger charge is 2.19. The highest BCUT2D eigenvalue weighted by molar-refractivity contribution is 5.77. The van der Waals surface area contributed by atoms with E-state index in [2.05, 4.69) is 53.6 Å². The molecule has 3 rings (SSSR count). The lowest BCUT2D eigenvalue weighted by Gasteiger charge is -2.18. The summed E-state index contributed by atoms with van der Waals surface area (Å²) in [5, 5.41) is 7.88. The Labute approximate surface area is 101 Å². The van der Waals surface area contributed by atoms with Crippen molar-refractivity contribution in [2.75, 3.05) is 17.3 Å². The van der Waals surface area contributed by atoms with Gasteiger partial charge < -0.3 is 10.2 Å². The quantitative estimate of drug-likeness (QED) is 0.814. The van der Waals surface area contributed by atoms with Crippen LogP contribution in [-0.4, -0.2) is 16.8 Å². The highest BCUT2D eigenvalue weighted by Crippen LogP contribution is 2.34. The summed E-state index contributed by atoms with van der Waals surface area (Å²) < 4.78 is 2.01. The fourth-order valence-corrected chi connectivity index (χ4v) is 2.30. The maximum Gasteiger partial charge on any atom is 0.133 e. The number of aryl methyl sites for hydroxylation is 1. The van der Waals surface area contributed by atoms with Gasteiger partial charge >= 0.3 is 0 Å². The molecule has 1 aliphatic rings. The molecule has 0 amide bonds. The van der Waals surface area contributed by atoms with Crippen molar-refractivity contribution in [1.82, 2.24) is 9.78 Å². The molecule has 0 radical (unpaired) electrons. The lowest BCUT2D eigenvalue weighted by Crippen LogP contribution is -2.14. The second kappa shape index (κ2) is 3.80. The van der Waals surface area contributed by atoms with Crippen LogP contribution in [-0.2, 0) is 13.1 Å². The third-order valence-electron chi connectivity index (χ3n) is 3.19. The number of para-hydroxylation sites is 2. The van der Waals surface area contributed by atoms with Gasteiger partial charge in [0.05, 0.1) is 17.6 Å². The van der Waals surface area contributed by atoms with Gasteiger partial charge in [-0.25, -0.2) is 4.68 Å². The minimum atomic E-state index is 0.883. The van der Waals surface area contributed by atoms with Gasteiger partial charge in [0.15, 0.2) is 0 Å². The van der Waals surface area contributed by atoms with Crippen molar-refractivity contribution in [2.45, 2.75) is 20.0 Å². The van der Waals surface area contributed by atoms with Crippen LogP contribution in [0.25, 0.3) is 0 Å². The van der Waals surface area contributed by atoms with Gasteiger partial charge in [-0.3, -0.25) is 0 Å². The zero-order valence-corrected chi connectivity index (χ0v) is 10.1. The molecule has 2 heterocycles. The van der Waals surface area contributed by atoms with E-state index in [-0.39, 0.29) is 0 Å². The standard InChI is InChI=1S/C13H16N4/c1-3-17-13-10(8-14-17)9-16(2)12-7-5-4-6-11(12)15-13/h4-8,15H,3,9H2,1-2H3. The molecule has 4 nitrogen and oxygen atoms in total. The molecule has 2 aromatic rings. The van der Waals surface area contributed by atoms with E-state index in [1.807, 2.05) is 10.9 Å². The third kappa shape index (κ3) is 1.56. The molecule has 1 aromatic heterocycles. The van der Waals surface area contributed by atoms with E-state index in [4.69, 9.17) is 0 Å². The molecule has 0 bridgehead atoms. The molecule has 4 heteroatoms. The van der Waals surface area contributed by atoms with Gasteiger partial charge in [-0.15, -0.1) is 0 Å². The maximum atomic E-state index is 4.39. The lowest BCUT2D eigenvalue weighted by atomic mass is 10.2. The summed E-state index contributed by atoms with van der Waals surface area (Å²) in [6, 6.07) is 8.36. The molecule has 88 valence electrons. The van der Waals surface area contributed by atoms with Crippen LogP contribution in [0.2, 0.25) is 0 Å². The Morgan fingerprint density at radius 3 is 3.00 bits per heavy atom. The number of rotatable bonds is 1. The Morgan fingerprint density at radius 1 is 1.35 bits per heavy atom. The fourth-order valence-electron chi connectivity index (χ4n) is 2.30. The zero-order valence-electron chi connectivity index (χ0n) is 10.1. The molecule has 0 fully saturated rings. The summed E-state index contributed by atoms with van der Waals surface area (Å²) in [7, 11) is 2.11. The normalized spacial score (nSPS) is 13.6. The SMILES string of the molecule is CCn1ncc2c1Nc1ccccc1N(C)C2. The molecular formula is C13H16N4. The summed E-state index contributed by atoms with van der Waals surface area (Å²) in [6.07, 6.45) is 1.95. The Bertz CT molecular complexity index is 544. The molecule has 0 unspecified atom stereocenters. The average Bonchev–Trinajstić information content (AvgIpc) is 2.66. The number of benzene rings is 1. The Balaban J connectivity index is 2.13. The number of nitrogens with zero attached hydrogens (tertiary/aromatic N) is 3. The number of anilines is 3. The summed E-state index contributed by atoms with van der Waals surface area (Å²) in [4.78, 5) is 2.25. The van der Waals surface area contributed by atoms with Crippen molar-refractivity contribution in [3.8, 4) is 0 Å². The summed E-state index contributed by atoms with van der Waals surface area (Å²) in [5.41, 5.74) is 3.61. The van der Waals surface area contributed by atoms with Crippen molar-refractivity contribution in [3.05, 3.63) is 36.0 Å². The van der Waals surface area contributed by atoms with Crippen molar-refractivity contribution < 1.29 is 0 Å². The van der Waals surface area contributed by atoms with E-state index in [1.54, 1.807) is 0 Å². The monoisotopic (exact) mass is 228 g/mol. The molecule has 0 spiro atoms.